The van der Waals surface area contributed by atoms with Crippen LogP contribution < -0.4 is 10.2 Å². The number of hydrogen-bond donors (Lipinski definition) is 1. The third-order valence-corrected chi connectivity index (χ3v) is 6.97. The number of ether oxygens (including phenoxy) is 1. The summed E-state index contributed by atoms with van der Waals surface area (Å²) in [5.41, 5.74) is 0.629. The molecule has 0 saturated carbocycles. The molecule has 0 aliphatic carbocycles. The van der Waals surface area contributed by atoms with Crippen LogP contribution in [0.2, 0.25) is 5.02 Å². The van der Waals surface area contributed by atoms with E-state index in [0.717, 1.165) is 16.6 Å². The number of halogens is 1. The van der Waals surface area contributed by atoms with E-state index in [1.165, 1.54) is 4.90 Å². The number of fused-ring (bicyclic) bond motifs is 1. The lowest BCUT2D eigenvalue weighted by molar-refractivity contribution is 0.00578. The molecule has 31 heavy (non-hydrogen) atoms. The van der Waals surface area contributed by atoms with Gasteiger partial charge in [0.25, 0.3) is 0 Å². The molecule has 0 radical (unpaired) electrons. The molecule has 2 aromatic carbocycles. The molecule has 1 unspecified atom stereocenters. The minimum absolute atomic E-state index is 0.168. The molecule has 6 nitrogen and oxygen atoms in total. The molecular formula is C23H27BClNO5. The lowest BCUT2D eigenvalue weighted by atomic mass is 9.73. The fourth-order valence-corrected chi connectivity index (χ4v) is 4.44. The standard InChI is InChI=1S/C23H27BClNO5/c1-21(2)22(3,4)31-24(30-21)19-16-13-23(14-26(5)20(27)28,15-9-7-6-8-10-15)29-18(16)12-11-17(19)25/h6-12H,13-14H2,1-5H3,(H,27,28). The Morgan fingerprint density at radius 3 is 2.29 bits per heavy atom. The average molecular weight is 444 g/mol. The van der Waals surface area contributed by atoms with E-state index in [2.05, 4.69) is 0 Å². The van der Waals surface area contributed by atoms with E-state index >= 15 is 0 Å². The number of likely N-dealkylation sites (N-methyl/N-ethyl adjacent to an activating group) is 1. The van der Waals surface area contributed by atoms with Crippen LogP contribution in [-0.4, -0.2) is 48.0 Å². The van der Waals surface area contributed by atoms with Crippen LogP contribution in [0.3, 0.4) is 0 Å². The van der Waals surface area contributed by atoms with Gasteiger partial charge in [-0.25, -0.2) is 4.79 Å². The molecule has 1 fully saturated rings. The van der Waals surface area contributed by atoms with Crippen molar-refractivity contribution < 1.29 is 23.9 Å². The number of rotatable bonds is 4. The fraction of sp³-hybridized carbons (Fsp3) is 0.435. The van der Waals surface area contributed by atoms with Gasteiger partial charge in [-0.1, -0.05) is 41.9 Å². The number of carbonyl (C=O) groups is 1. The van der Waals surface area contributed by atoms with Gasteiger partial charge in [0.1, 0.15) is 5.75 Å². The summed E-state index contributed by atoms with van der Waals surface area (Å²) in [5, 5.41) is 10.1. The first kappa shape index (κ1) is 22.0. The highest BCUT2D eigenvalue weighted by Crippen LogP contribution is 2.44. The third-order valence-electron chi connectivity index (χ3n) is 6.64. The predicted molar refractivity (Wildman–Crippen MR) is 120 cm³/mol. The smallest absolute Gasteiger partial charge is 0.480 e. The predicted octanol–water partition coefficient (Wildman–Crippen LogP) is 4.08. The van der Waals surface area contributed by atoms with E-state index in [9.17, 15) is 9.90 Å². The molecule has 1 amide bonds. The second-order valence-electron chi connectivity index (χ2n) is 9.30. The summed E-state index contributed by atoms with van der Waals surface area (Å²) in [4.78, 5) is 12.9. The van der Waals surface area contributed by atoms with Crippen molar-refractivity contribution in [3.8, 4) is 5.75 Å². The number of nitrogens with zero attached hydrogens (tertiary/aromatic N) is 1. The van der Waals surface area contributed by atoms with Crippen LogP contribution in [0, 0.1) is 0 Å². The SMILES string of the molecule is CN(CC1(c2ccccc2)Cc2c(ccc(Cl)c2B2OC(C)(C)C(C)(C)O2)O1)C(=O)O. The van der Waals surface area contributed by atoms with Gasteiger partial charge in [0.05, 0.1) is 17.7 Å². The minimum atomic E-state index is -1.01. The molecule has 2 heterocycles. The summed E-state index contributed by atoms with van der Waals surface area (Å²) < 4.78 is 19.1. The molecule has 1 N–H and O–H groups in total. The van der Waals surface area contributed by atoms with Crippen molar-refractivity contribution in [3.63, 3.8) is 0 Å². The molecular weight excluding hydrogens is 417 g/mol. The van der Waals surface area contributed by atoms with E-state index < -0.39 is 30.0 Å². The van der Waals surface area contributed by atoms with Crippen LogP contribution in [-0.2, 0) is 21.3 Å². The molecule has 0 bridgehead atoms. The Morgan fingerprint density at radius 1 is 1.10 bits per heavy atom. The van der Waals surface area contributed by atoms with Crippen molar-refractivity contribution in [2.45, 2.75) is 50.9 Å². The molecule has 1 atom stereocenters. The number of benzene rings is 2. The highest BCUT2D eigenvalue weighted by Gasteiger charge is 2.54. The van der Waals surface area contributed by atoms with E-state index in [4.69, 9.17) is 25.6 Å². The average Bonchev–Trinajstić information content (AvgIpc) is 3.16. The minimum Gasteiger partial charge on any atom is -0.480 e. The Morgan fingerprint density at radius 2 is 1.71 bits per heavy atom. The van der Waals surface area contributed by atoms with Crippen LogP contribution in [0.1, 0.15) is 38.8 Å². The first-order valence-corrected chi connectivity index (χ1v) is 10.7. The van der Waals surface area contributed by atoms with Crippen molar-refractivity contribution >= 4 is 30.3 Å². The molecule has 4 rings (SSSR count). The zero-order valence-electron chi connectivity index (χ0n) is 18.4. The number of carboxylic acid groups (broad SMARTS) is 1. The molecule has 1 saturated heterocycles. The summed E-state index contributed by atoms with van der Waals surface area (Å²) in [5.74, 6) is 0.664. The van der Waals surface area contributed by atoms with E-state index in [1.54, 1.807) is 13.1 Å². The van der Waals surface area contributed by atoms with Gasteiger partial charge in [0.2, 0.25) is 0 Å². The van der Waals surface area contributed by atoms with Crippen molar-refractivity contribution in [3.05, 3.63) is 58.6 Å². The summed E-state index contributed by atoms with van der Waals surface area (Å²) >= 11 is 6.65. The largest absolute Gasteiger partial charge is 0.496 e. The topological polar surface area (TPSA) is 68.2 Å². The van der Waals surface area contributed by atoms with Crippen LogP contribution in [0.15, 0.2) is 42.5 Å². The summed E-state index contributed by atoms with van der Waals surface area (Å²) in [6, 6.07) is 13.3. The Hall–Kier alpha value is -2.22. The first-order chi connectivity index (χ1) is 14.5. The third kappa shape index (κ3) is 3.69. The van der Waals surface area contributed by atoms with Crippen molar-refractivity contribution in [2.75, 3.05) is 13.6 Å². The summed E-state index contributed by atoms with van der Waals surface area (Å²) in [6.07, 6.45) is -0.566. The maximum Gasteiger partial charge on any atom is 0.496 e. The maximum atomic E-state index is 11.6. The summed E-state index contributed by atoms with van der Waals surface area (Å²) in [6.45, 7) is 8.15. The number of hydrogen-bond acceptors (Lipinski definition) is 4. The molecule has 2 aliphatic rings. The normalized spacial score (nSPS) is 23.4. The quantitative estimate of drug-likeness (QED) is 0.721. The highest BCUT2D eigenvalue weighted by molar-refractivity contribution is 6.66. The van der Waals surface area contributed by atoms with Gasteiger partial charge in [-0.05, 0) is 51.0 Å². The highest BCUT2D eigenvalue weighted by atomic mass is 35.5. The molecule has 2 aliphatic heterocycles. The van der Waals surface area contributed by atoms with Crippen molar-refractivity contribution in [2.24, 2.45) is 0 Å². The van der Waals surface area contributed by atoms with Crippen LogP contribution in [0.5, 0.6) is 5.75 Å². The Kier molecular flexibility index (Phi) is 5.27. The second kappa shape index (κ2) is 7.43. The lowest BCUT2D eigenvalue weighted by Gasteiger charge is -2.32. The first-order valence-electron chi connectivity index (χ1n) is 10.3. The second-order valence-corrected chi connectivity index (χ2v) is 9.71. The van der Waals surface area contributed by atoms with Gasteiger partial charge in [0.15, 0.2) is 5.60 Å². The Labute approximate surface area is 188 Å². The van der Waals surface area contributed by atoms with Gasteiger partial charge in [0, 0.05) is 24.0 Å². The summed E-state index contributed by atoms with van der Waals surface area (Å²) in [7, 11) is 0.904. The number of amides is 1. The molecule has 164 valence electrons. The van der Waals surface area contributed by atoms with E-state index in [0.29, 0.717) is 17.2 Å². The van der Waals surface area contributed by atoms with Gasteiger partial charge >= 0.3 is 13.2 Å². The lowest BCUT2D eigenvalue weighted by Crippen LogP contribution is -2.45. The van der Waals surface area contributed by atoms with E-state index in [-0.39, 0.29) is 6.54 Å². The van der Waals surface area contributed by atoms with Gasteiger partial charge in [-0.15, -0.1) is 0 Å². The van der Waals surface area contributed by atoms with Crippen LogP contribution >= 0.6 is 11.6 Å². The Balaban J connectivity index is 1.78. The van der Waals surface area contributed by atoms with Crippen LogP contribution in [0.4, 0.5) is 4.79 Å². The van der Waals surface area contributed by atoms with Gasteiger partial charge in [-0.3, -0.25) is 0 Å². The molecule has 0 spiro atoms. The van der Waals surface area contributed by atoms with E-state index in [1.807, 2.05) is 64.1 Å². The Bertz CT molecular complexity index is 997. The zero-order valence-corrected chi connectivity index (χ0v) is 19.2. The van der Waals surface area contributed by atoms with Gasteiger partial charge < -0.3 is 24.1 Å². The fourth-order valence-electron chi connectivity index (χ4n) is 4.18. The zero-order chi connectivity index (χ0) is 22.6. The van der Waals surface area contributed by atoms with Crippen molar-refractivity contribution in [1.82, 2.24) is 4.90 Å². The van der Waals surface area contributed by atoms with Crippen LogP contribution in [0.25, 0.3) is 0 Å². The molecule has 8 heteroatoms. The molecule has 0 aromatic heterocycles. The molecule has 2 aromatic rings. The monoisotopic (exact) mass is 443 g/mol. The maximum absolute atomic E-state index is 11.6. The van der Waals surface area contributed by atoms with Gasteiger partial charge in [-0.2, -0.15) is 0 Å². The van der Waals surface area contributed by atoms with Crippen molar-refractivity contribution in [1.29, 1.82) is 0 Å².